The summed E-state index contributed by atoms with van der Waals surface area (Å²) in [6.45, 7) is 10.7. The summed E-state index contributed by atoms with van der Waals surface area (Å²) in [5.74, 6) is 0.0591. The number of fused-ring (bicyclic) bond motifs is 1. The molecule has 0 aliphatic heterocycles. The van der Waals surface area contributed by atoms with E-state index in [-0.39, 0.29) is 40.0 Å². The summed E-state index contributed by atoms with van der Waals surface area (Å²) in [7, 11) is 1.68. The molecule has 32 heavy (non-hydrogen) atoms. The van der Waals surface area contributed by atoms with Crippen molar-refractivity contribution in [1.82, 2.24) is 14.7 Å². The molecule has 1 heterocycles. The van der Waals surface area contributed by atoms with Crippen molar-refractivity contribution in [3.8, 4) is 5.69 Å². The molecular weight excluding hydrogens is 408 g/mol. The van der Waals surface area contributed by atoms with Crippen LogP contribution in [0.25, 0.3) is 5.69 Å². The molecular formula is C24H32N4O4. The molecule has 0 N–H and O–H groups in total. The molecule has 0 unspecified atom stereocenters. The van der Waals surface area contributed by atoms with Crippen LogP contribution in [0.1, 0.15) is 79.6 Å². The van der Waals surface area contributed by atoms with E-state index in [0.717, 1.165) is 6.42 Å². The van der Waals surface area contributed by atoms with Crippen LogP contribution in [-0.2, 0) is 12.8 Å². The van der Waals surface area contributed by atoms with Crippen molar-refractivity contribution in [3.05, 3.63) is 50.8 Å². The molecule has 1 aliphatic rings. The molecule has 1 aromatic carbocycles. The van der Waals surface area contributed by atoms with Crippen molar-refractivity contribution in [2.24, 2.45) is 11.3 Å². The third-order valence-electron chi connectivity index (χ3n) is 5.77. The number of amides is 1. The van der Waals surface area contributed by atoms with E-state index in [1.54, 1.807) is 28.8 Å². The SMILES string of the molecule is CCCN(C)C(=O)c1ccc(-n2nc(CC(C)C)c3c2CC(C)(C)CC3=O)c([N+](=O)[O-])c1. The summed E-state index contributed by atoms with van der Waals surface area (Å²) in [5, 5.41) is 16.7. The van der Waals surface area contributed by atoms with Gasteiger partial charge in [0.25, 0.3) is 11.6 Å². The Hall–Kier alpha value is -3.03. The van der Waals surface area contributed by atoms with Crippen molar-refractivity contribution in [3.63, 3.8) is 0 Å². The molecule has 172 valence electrons. The maximum Gasteiger partial charge on any atom is 0.295 e. The van der Waals surface area contributed by atoms with Gasteiger partial charge < -0.3 is 4.90 Å². The van der Waals surface area contributed by atoms with Gasteiger partial charge in [0.1, 0.15) is 5.69 Å². The van der Waals surface area contributed by atoms with Crippen LogP contribution < -0.4 is 0 Å². The van der Waals surface area contributed by atoms with Gasteiger partial charge in [-0.15, -0.1) is 0 Å². The molecule has 8 nitrogen and oxygen atoms in total. The van der Waals surface area contributed by atoms with Gasteiger partial charge in [-0.05, 0) is 42.7 Å². The Bertz CT molecular complexity index is 1070. The van der Waals surface area contributed by atoms with E-state index in [1.165, 1.54) is 6.07 Å². The molecule has 0 fully saturated rings. The second-order valence-corrected chi connectivity index (χ2v) is 9.91. The predicted molar refractivity (Wildman–Crippen MR) is 122 cm³/mol. The van der Waals surface area contributed by atoms with Gasteiger partial charge in [-0.1, -0.05) is 34.6 Å². The highest BCUT2D eigenvalue weighted by Crippen LogP contribution is 2.39. The van der Waals surface area contributed by atoms with Crippen LogP contribution in [0.2, 0.25) is 0 Å². The molecule has 0 bridgehead atoms. The summed E-state index contributed by atoms with van der Waals surface area (Å²) in [4.78, 5) is 38.7. The number of nitro benzene ring substituents is 1. The summed E-state index contributed by atoms with van der Waals surface area (Å²) in [6, 6.07) is 4.49. The van der Waals surface area contributed by atoms with E-state index in [4.69, 9.17) is 5.10 Å². The molecule has 0 saturated carbocycles. The Morgan fingerprint density at radius 1 is 1.31 bits per heavy atom. The van der Waals surface area contributed by atoms with Crippen LogP contribution in [0, 0.1) is 21.4 Å². The lowest BCUT2D eigenvalue weighted by molar-refractivity contribution is -0.384. The minimum Gasteiger partial charge on any atom is -0.342 e. The number of carbonyl (C=O) groups excluding carboxylic acids is 2. The Morgan fingerprint density at radius 3 is 2.59 bits per heavy atom. The molecule has 0 spiro atoms. The predicted octanol–water partition coefficient (Wildman–Crippen LogP) is 4.62. The molecule has 8 heteroatoms. The molecule has 0 atom stereocenters. The number of aromatic nitrogens is 2. The third-order valence-corrected chi connectivity index (χ3v) is 5.77. The fraction of sp³-hybridized carbons (Fsp3) is 0.542. The summed E-state index contributed by atoms with van der Waals surface area (Å²) in [6.07, 6.45) is 2.43. The van der Waals surface area contributed by atoms with E-state index >= 15 is 0 Å². The number of nitrogens with zero attached hydrogens (tertiary/aromatic N) is 4. The van der Waals surface area contributed by atoms with Crippen LogP contribution >= 0.6 is 0 Å². The quantitative estimate of drug-likeness (QED) is 0.462. The number of Topliss-reactive ketones (excluding diaryl/α,β-unsaturated/α-hetero) is 1. The summed E-state index contributed by atoms with van der Waals surface area (Å²) >= 11 is 0. The second-order valence-electron chi connectivity index (χ2n) is 9.91. The number of hydrogen-bond donors (Lipinski definition) is 0. The maximum absolute atomic E-state index is 13.0. The van der Waals surface area contributed by atoms with Crippen molar-refractivity contribution in [1.29, 1.82) is 0 Å². The minimum atomic E-state index is -0.488. The number of rotatable bonds is 7. The first-order valence-corrected chi connectivity index (χ1v) is 11.1. The Balaban J connectivity index is 2.18. The van der Waals surface area contributed by atoms with Crippen LogP contribution in [0.5, 0.6) is 0 Å². The van der Waals surface area contributed by atoms with E-state index in [0.29, 0.717) is 42.8 Å². The first-order chi connectivity index (χ1) is 14.9. The summed E-state index contributed by atoms with van der Waals surface area (Å²) < 4.78 is 1.56. The highest BCUT2D eigenvalue weighted by Gasteiger charge is 2.37. The van der Waals surface area contributed by atoms with E-state index in [1.807, 2.05) is 20.8 Å². The van der Waals surface area contributed by atoms with Crippen LogP contribution in [0.15, 0.2) is 18.2 Å². The van der Waals surface area contributed by atoms with Crippen molar-refractivity contribution in [2.75, 3.05) is 13.6 Å². The minimum absolute atomic E-state index is 0.0359. The molecule has 0 radical (unpaired) electrons. The number of benzene rings is 1. The number of carbonyl (C=O) groups is 2. The zero-order valence-corrected chi connectivity index (χ0v) is 19.8. The van der Waals surface area contributed by atoms with Gasteiger partial charge in [0.05, 0.1) is 21.9 Å². The Kier molecular flexibility index (Phi) is 6.53. The molecule has 3 rings (SSSR count). The number of hydrogen-bond acceptors (Lipinski definition) is 5. The molecule has 1 amide bonds. The lowest BCUT2D eigenvalue weighted by atomic mass is 9.75. The lowest BCUT2D eigenvalue weighted by Gasteiger charge is -2.29. The van der Waals surface area contributed by atoms with Crippen LogP contribution in [-0.4, -0.2) is 44.9 Å². The molecule has 1 aromatic heterocycles. The fourth-order valence-electron chi connectivity index (χ4n) is 4.40. The topological polar surface area (TPSA) is 98.3 Å². The largest absolute Gasteiger partial charge is 0.342 e. The maximum atomic E-state index is 13.0. The monoisotopic (exact) mass is 440 g/mol. The molecule has 2 aromatic rings. The number of nitro groups is 1. The molecule has 1 aliphatic carbocycles. The zero-order chi connectivity index (χ0) is 23.8. The number of ketones is 1. The Morgan fingerprint density at radius 2 is 2.00 bits per heavy atom. The highest BCUT2D eigenvalue weighted by molar-refractivity contribution is 6.00. The zero-order valence-electron chi connectivity index (χ0n) is 19.8. The van der Waals surface area contributed by atoms with E-state index in [9.17, 15) is 19.7 Å². The van der Waals surface area contributed by atoms with Crippen molar-refractivity contribution >= 4 is 17.4 Å². The van der Waals surface area contributed by atoms with Gasteiger partial charge in [0.2, 0.25) is 0 Å². The smallest absolute Gasteiger partial charge is 0.295 e. The first kappa shape index (κ1) is 23.6. The Labute approximate surface area is 188 Å². The average Bonchev–Trinajstić information content (AvgIpc) is 3.03. The van der Waals surface area contributed by atoms with Gasteiger partial charge in [0, 0.05) is 31.6 Å². The second kappa shape index (κ2) is 8.84. The van der Waals surface area contributed by atoms with Crippen LogP contribution in [0.4, 0.5) is 5.69 Å². The van der Waals surface area contributed by atoms with E-state index in [2.05, 4.69) is 13.8 Å². The normalized spacial score (nSPS) is 15.0. The standard InChI is InChI=1S/C24H32N4O4/c1-7-10-26(6)23(30)16-8-9-18(19(12-16)28(31)32)27-20-13-24(4,5)14-21(29)22(20)17(25-27)11-15(2)3/h8-9,12,15H,7,10-11,13-14H2,1-6H3. The van der Waals surface area contributed by atoms with Gasteiger partial charge in [0.15, 0.2) is 5.78 Å². The fourth-order valence-corrected chi connectivity index (χ4v) is 4.40. The van der Waals surface area contributed by atoms with Crippen molar-refractivity contribution < 1.29 is 14.5 Å². The summed E-state index contributed by atoms with van der Waals surface area (Å²) in [5.41, 5.74) is 2.09. The first-order valence-electron chi connectivity index (χ1n) is 11.1. The van der Waals surface area contributed by atoms with Gasteiger partial charge in [-0.3, -0.25) is 19.7 Å². The van der Waals surface area contributed by atoms with Gasteiger partial charge in [-0.25, -0.2) is 4.68 Å². The molecule has 0 saturated heterocycles. The van der Waals surface area contributed by atoms with E-state index < -0.39 is 4.92 Å². The van der Waals surface area contributed by atoms with Gasteiger partial charge in [-0.2, -0.15) is 5.10 Å². The average molecular weight is 441 g/mol. The van der Waals surface area contributed by atoms with Crippen molar-refractivity contribution in [2.45, 2.75) is 60.3 Å². The van der Waals surface area contributed by atoms with Gasteiger partial charge >= 0.3 is 0 Å². The third kappa shape index (κ3) is 4.59. The highest BCUT2D eigenvalue weighted by atomic mass is 16.6. The van der Waals surface area contributed by atoms with Crippen LogP contribution in [0.3, 0.4) is 0 Å². The lowest BCUT2D eigenvalue weighted by Crippen LogP contribution is -2.28.